The maximum Gasteiger partial charge on any atom is 0.255 e. The van der Waals surface area contributed by atoms with Gasteiger partial charge in [0.05, 0.1) is 11.5 Å². The Morgan fingerprint density at radius 2 is 1.71 bits per heavy atom. The van der Waals surface area contributed by atoms with Gasteiger partial charge in [-0.05, 0) is 61.5 Å². The lowest BCUT2D eigenvalue weighted by molar-refractivity contribution is 0.102. The van der Waals surface area contributed by atoms with E-state index in [0.717, 1.165) is 4.47 Å². The smallest absolute Gasteiger partial charge is 0.255 e. The molecule has 8 heteroatoms. The third-order valence-corrected chi connectivity index (χ3v) is 6.92. The molecule has 6 nitrogen and oxygen atoms in total. The van der Waals surface area contributed by atoms with Crippen molar-refractivity contribution < 1.29 is 17.9 Å². The summed E-state index contributed by atoms with van der Waals surface area (Å²) in [6.07, 6.45) is 0. The van der Waals surface area contributed by atoms with Crippen molar-refractivity contribution in [3.8, 4) is 5.75 Å². The van der Waals surface area contributed by atoms with Crippen LogP contribution in [0.3, 0.4) is 0 Å². The lowest BCUT2D eigenvalue weighted by Crippen LogP contribution is -2.27. The summed E-state index contributed by atoms with van der Waals surface area (Å²) in [5.74, 6) is 0.248. The molecule has 31 heavy (non-hydrogen) atoms. The molecule has 0 fully saturated rings. The first kappa shape index (κ1) is 23.0. The van der Waals surface area contributed by atoms with Gasteiger partial charge in [-0.15, -0.1) is 0 Å². The highest BCUT2D eigenvalue weighted by molar-refractivity contribution is 9.10. The predicted octanol–water partition coefficient (Wildman–Crippen LogP) is 4.92. The van der Waals surface area contributed by atoms with E-state index in [1.54, 1.807) is 60.7 Å². The number of carbonyl (C=O) groups is 1. The molecule has 0 aliphatic carbocycles. The molecule has 0 aliphatic heterocycles. The maximum absolute atomic E-state index is 12.9. The second-order valence-corrected chi connectivity index (χ2v) is 9.75. The Hall–Kier alpha value is -2.68. The molecule has 3 aromatic carbocycles. The van der Waals surface area contributed by atoms with E-state index in [1.807, 2.05) is 19.1 Å². The van der Waals surface area contributed by atoms with E-state index in [2.05, 4.69) is 21.2 Å². The summed E-state index contributed by atoms with van der Waals surface area (Å²) in [6.45, 7) is 2.33. The van der Waals surface area contributed by atoms with Crippen molar-refractivity contribution in [3.63, 3.8) is 0 Å². The highest BCUT2D eigenvalue weighted by atomic mass is 79.9. The fraction of sp³-hybridized carbons (Fsp3) is 0.174. The van der Waals surface area contributed by atoms with Crippen molar-refractivity contribution >= 4 is 37.5 Å². The molecule has 0 bridgehead atoms. The van der Waals surface area contributed by atoms with E-state index in [-0.39, 0.29) is 17.3 Å². The topological polar surface area (TPSA) is 75.7 Å². The highest BCUT2D eigenvalue weighted by Crippen LogP contribution is 2.25. The summed E-state index contributed by atoms with van der Waals surface area (Å²) in [4.78, 5) is 12.9. The largest absolute Gasteiger partial charge is 0.494 e. The Bertz CT molecular complexity index is 1150. The average Bonchev–Trinajstić information content (AvgIpc) is 2.77. The third-order valence-electron chi connectivity index (χ3n) is 4.57. The maximum atomic E-state index is 12.9. The molecule has 0 saturated carbocycles. The number of ether oxygens (including phenoxy) is 1. The second kappa shape index (κ2) is 10.1. The molecule has 0 heterocycles. The standard InChI is InChI=1S/C23H23BrN2O4S/c1-3-30-22-14-9-17(23(27)25-20-12-10-19(24)11-13-20)15-18(22)16-26(2)31(28,29)21-7-5-4-6-8-21/h4-15H,3,16H2,1-2H3,(H,25,27). The lowest BCUT2D eigenvalue weighted by Gasteiger charge is -2.20. The minimum atomic E-state index is -3.68. The van der Waals surface area contributed by atoms with E-state index in [1.165, 1.54) is 11.4 Å². The van der Waals surface area contributed by atoms with Crippen molar-refractivity contribution in [3.05, 3.63) is 88.4 Å². The van der Waals surface area contributed by atoms with Gasteiger partial charge in [-0.3, -0.25) is 4.79 Å². The predicted molar refractivity (Wildman–Crippen MR) is 125 cm³/mol. The fourth-order valence-electron chi connectivity index (χ4n) is 2.97. The molecule has 1 amide bonds. The summed E-state index contributed by atoms with van der Waals surface area (Å²) in [6, 6.07) is 20.5. The molecule has 0 spiro atoms. The molecular weight excluding hydrogens is 480 g/mol. The third kappa shape index (κ3) is 5.72. The second-order valence-electron chi connectivity index (χ2n) is 6.79. The first-order valence-electron chi connectivity index (χ1n) is 9.65. The summed E-state index contributed by atoms with van der Waals surface area (Å²) < 4.78 is 33.6. The molecule has 3 aromatic rings. The molecule has 3 rings (SSSR count). The van der Waals surface area contributed by atoms with Crippen LogP contribution in [0.1, 0.15) is 22.8 Å². The van der Waals surface area contributed by atoms with Gasteiger partial charge in [0.2, 0.25) is 10.0 Å². The van der Waals surface area contributed by atoms with Gasteiger partial charge in [-0.1, -0.05) is 34.1 Å². The van der Waals surface area contributed by atoms with Crippen molar-refractivity contribution in [1.82, 2.24) is 4.31 Å². The molecule has 1 N–H and O–H groups in total. The molecule has 0 aliphatic rings. The van der Waals surface area contributed by atoms with E-state index in [0.29, 0.717) is 29.2 Å². The minimum absolute atomic E-state index is 0.0615. The van der Waals surface area contributed by atoms with E-state index in [4.69, 9.17) is 4.74 Å². The Kier molecular flexibility index (Phi) is 7.48. The van der Waals surface area contributed by atoms with E-state index >= 15 is 0 Å². The number of anilines is 1. The Labute approximate surface area is 191 Å². The van der Waals surface area contributed by atoms with Gasteiger partial charge in [0.25, 0.3) is 5.91 Å². The highest BCUT2D eigenvalue weighted by Gasteiger charge is 2.22. The zero-order valence-electron chi connectivity index (χ0n) is 17.2. The van der Waals surface area contributed by atoms with Crippen LogP contribution >= 0.6 is 15.9 Å². The van der Waals surface area contributed by atoms with Gasteiger partial charge in [-0.25, -0.2) is 8.42 Å². The SMILES string of the molecule is CCOc1ccc(C(=O)Nc2ccc(Br)cc2)cc1CN(C)S(=O)(=O)c1ccccc1. The summed E-state index contributed by atoms with van der Waals surface area (Å²) in [5.41, 5.74) is 1.67. The number of nitrogens with zero attached hydrogens (tertiary/aromatic N) is 1. The molecule has 0 radical (unpaired) electrons. The van der Waals surface area contributed by atoms with Crippen LogP contribution < -0.4 is 10.1 Å². The van der Waals surface area contributed by atoms with Crippen molar-refractivity contribution in [2.75, 3.05) is 19.0 Å². The number of benzene rings is 3. The molecular formula is C23H23BrN2O4S. The van der Waals surface area contributed by atoms with Gasteiger partial charge < -0.3 is 10.1 Å². The quantitative estimate of drug-likeness (QED) is 0.474. The normalized spacial score (nSPS) is 11.4. The van der Waals surface area contributed by atoms with Crippen molar-refractivity contribution in [2.45, 2.75) is 18.4 Å². The number of hydrogen-bond acceptors (Lipinski definition) is 4. The summed E-state index contributed by atoms with van der Waals surface area (Å²) in [5, 5.41) is 2.84. The Morgan fingerprint density at radius 1 is 1.03 bits per heavy atom. The Morgan fingerprint density at radius 3 is 2.35 bits per heavy atom. The number of halogens is 1. The van der Waals surface area contributed by atoms with Gasteiger partial charge in [0.1, 0.15) is 5.75 Å². The summed E-state index contributed by atoms with van der Waals surface area (Å²) >= 11 is 3.36. The van der Waals surface area contributed by atoms with Crippen molar-refractivity contribution in [2.24, 2.45) is 0 Å². The van der Waals surface area contributed by atoms with Gasteiger partial charge >= 0.3 is 0 Å². The van der Waals surface area contributed by atoms with Crippen LogP contribution in [0, 0.1) is 0 Å². The zero-order chi connectivity index (χ0) is 22.4. The number of carbonyl (C=O) groups excluding carboxylic acids is 1. The van der Waals surface area contributed by atoms with Crippen LogP contribution in [-0.4, -0.2) is 32.3 Å². The van der Waals surface area contributed by atoms with Crippen LogP contribution in [0.15, 0.2) is 82.2 Å². The zero-order valence-corrected chi connectivity index (χ0v) is 19.6. The first-order valence-corrected chi connectivity index (χ1v) is 11.9. The average molecular weight is 503 g/mol. The summed E-state index contributed by atoms with van der Waals surface area (Å²) in [7, 11) is -2.18. The number of rotatable bonds is 8. The van der Waals surface area contributed by atoms with E-state index in [9.17, 15) is 13.2 Å². The Balaban J connectivity index is 1.86. The number of hydrogen-bond donors (Lipinski definition) is 1. The van der Waals surface area contributed by atoms with Crippen molar-refractivity contribution in [1.29, 1.82) is 0 Å². The molecule has 0 saturated heterocycles. The first-order chi connectivity index (χ1) is 14.8. The molecule has 0 aromatic heterocycles. The molecule has 0 unspecified atom stereocenters. The van der Waals surface area contributed by atoms with Crippen LogP contribution in [0.2, 0.25) is 0 Å². The van der Waals surface area contributed by atoms with Crippen LogP contribution in [0.5, 0.6) is 5.75 Å². The van der Waals surface area contributed by atoms with Crippen LogP contribution in [0.4, 0.5) is 5.69 Å². The monoisotopic (exact) mass is 502 g/mol. The number of amides is 1. The van der Waals surface area contributed by atoms with Gasteiger partial charge in [0, 0.05) is 34.9 Å². The van der Waals surface area contributed by atoms with Gasteiger partial charge in [0.15, 0.2) is 0 Å². The minimum Gasteiger partial charge on any atom is -0.494 e. The lowest BCUT2D eigenvalue weighted by atomic mass is 10.1. The fourth-order valence-corrected chi connectivity index (χ4v) is 4.41. The van der Waals surface area contributed by atoms with E-state index < -0.39 is 10.0 Å². The van der Waals surface area contributed by atoms with Gasteiger partial charge in [-0.2, -0.15) is 4.31 Å². The molecule has 0 atom stereocenters. The number of sulfonamides is 1. The van der Waals surface area contributed by atoms with Crippen LogP contribution in [0.25, 0.3) is 0 Å². The van der Waals surface area contributed by atoms with Crippen LogP contribution in [-0.2, 0) is 16.6 Å². The molecule has 162 valence electrons. The number of nitrogens with one attached hydrogen (secondary N) is 1.